The summed E-state index contributed by atoms with van der Waals surface area (Å²) in [6.07, 6.45) is 14.6. The summed E-state index contributed by atoms with van der Waals surface area (Å²) in [4.78, 5) is 11.4. The first-order valence-corrected chi connectivity index (χ1v) is 11.7. The van der Waals surface area contributed by atoms with E-state index in [-0.39, 0.29) is 0 Å². The van der Waals surface area contributed by atoms with E-state index in [1.807, 2.05) is 0 Å². The van der Waals surface area contributed by atoms with Crippen molar-refractivity contribution in [3.63, 3.8) is 0 Å². The van der Waals surface area contributed by atoms with Crippen molar-refractivity contribution >= 4 is 6.16 Å². The molecule has 0 amide bonds. The van der Waals surface area contributed by atoms with Gasteiger partial charge in [0.15, 0.2) is 0 Å². The molecule has 160 valence electrons. The Morgan fingerprint density at radius 2 is 1.25 bits per heavy atom. The van der Waals surface area contributed by atoms with E-state index in [0.717, 1.165) is 56.9 Å². The minimum Gasteiger partial charge on any atom is -0.449 e. The SMILES string of the molecule is CCCCCCc1cc(OC(=O)O)c(CCCC)c(CCCC)c1CCCC. The average Bonchev–Trinajstić information content (AvgIpc) is 2.67. The third-order valence-electron chi connectivity index (χ3n) is 5.56. The molecule has 28 heavy (non-hydrogen) atoms. The van der Waals surface area contributed by atoms with Gasteiger partial charge in [-0.2, -0.15) is 0 Å². The van der Waals surface area contributed by atoms with E-state index < -0.39 is 6.16 Å². The third-order valence-corrected chi connectivity index (χ3v) is 5.56. The molecule has 0 aromatic heterocycles. The fourth-order valence-corrected chi connectivity index (χ4v) is 3.96. The Morgan fingerprint density at radius 1 is 0.714 bits per heavy atom. The molecule has 1 N–H and O–H groups in total. The van der Waals surface area contributed by atoms with E-state index in [0.29, 0.717) is 5.75 Å². The number of rotatable bonds is 15. The number of unbranched alkanes of at least 4 members (excludes halogenated alkanes) is 6. The van der Waals surface area contributed by atoms with Gasteiger partial charge >= 0.3 is 6.16 Å². The lowest BCUT2D eigenvalue weighted by atomic mass is 9.85. The maximum absolute atomic E-state index is 11.4. The van der Waals surface area contributed by atoms with Crippen LogP contribution in [0.5, 0.6) is 5.75 Å². The summed E-state index contributed by atoms with van der Waals surface area (Å²) >= 11 is 0. The normalized spacial score (nSPS) is 11.0. The number of aryl methyl sites for hydroxylation is 1. The van der Waals surface area contributed by atoms with Crippen LogP contribution in [0.25, 0.3) is 0 Å². The molecule has 0 fully saturated rings. The van der Waals surface area contributed by atoms with Crippen LogP contribution in [0.2, 0.25) is 0 Å². The standard InChI is InChI=1S/C25H42O3/c1-5-9-13-14-15-20-19-24(28-25(26)27)23(18-12-8-4)22(17-11-7-3)21(20)16-10-6-2/h19H,5-18H2,1-4H3,(H,26,27). The number of ether oxygens (including phenoxy) is 1. The van der Waals surface area contributed by atoms with Crippen LogP contribution in [-0.4, -0.2) is 11.3 Å². The molecule has 3 heteroatoms. The summed E-state index contributed by atoms with van der Waals surface area (Å²) in [7, 11) is 0. The number of hydrogen-bond donors (Lipinski definition) is 1. The maximum atomic E-state index is 11.4. The van der Waals surface area contributed by atoms with Gasteiger partial charge in [-0.15, -0.1) is 0 Å². The Bertz CT molecular complexity index is 578. The molecule has 0 heterocycles. The smallest absolute Gasteiger partial charge is 0.449 e. The van der Waals surface area contributed by atoms with Crippen LogP contribution < -0.4 is 4.74 Å². The lowest BCUT2D eigenvalue weighted by Crippen LogP contribution is -2.12. The van der Waals surface area contributed by atoms with Crippen molar-refractivity contribution < 1.29 is 14.6 Å². The Kier molecular flexibility index (Phi) is 12.7. The molecule has 0 unspecified atom stereocenters. The van der Waals surface area contributed by atoms with Crippen LogP contribution in [0.15, 0.2) is 6.07 Å². The Labute approximate surface area is 172 Å². The molecule has 0 spiro atoms. The molecule has 0 aliphatic heterocycles. The van der Waals surface area contributed by atoms with Gasteiger partial charge in [0.25, 0.3) is 0 Å². The lowest BCUT2D eigenvalue weighted by Gasteiger charge is -2.22. The van der Waals surface area contributed by atoms with E-state index in [1.165, 1.54) is 55.2 Å². The predicted octanol–water partition coefficient (Wildman–Crippen LogP) is 7.89. The molecule has 1 rings (SSSR count). The minimum absolute atomic E-state index is 0.595. The highest BCUT2D eigenvalue weighted by Gasteiger charge is 2.19. The summed E-state index contributed by atoms with van der Waals surface area (Å²) in [5.41, 5.74) is 5.37. The quantitative estimate of drug-likeness (QED) is 0.188. The van der Waals surface area contributed by atoms with Gasteiger partial charge in [0.2, 0.25) is 0 Å². The average molecular weight is 391 g/mol. The van der Waals surface area contributed by atoms with Crippen molar-refractivity contribution in [2.24, 2.45) is 0 Å². The number of carboxylic acid groups (broad SMARTS) is 1. The first-order chi connectivity index (χ1) is 13.6. The highest BCUT2D eigenvalue weighted by Crippen LogP contribution is 2.34. The zero-order chi connectivity index (χ0) is 20.8. The fourth-order valence-electron chi connectivity index (χ4n) is 3.96. The largest absolute Gasteiger partial charge is 0.511 e. The van der Waals surface area contributed by atoms with Crippen molar-refractivity contribution in [3.05, 3.63) is 28.3 Å². The highest BCUT2D eigenvalue weighted by molar-refractivity contribution is 5.64. The van der Waals surface area contributed by atoms with Gasteiger partial charge in [0.05, 0.1) is 0 Å². The topological polar surface area (TPSA) is 46.5 Å². The summed E-state index contributed by atoms with van der Waals surface area (Å²) in [5.74, 6) is 0.595. The van der Waals surface area contributed by atoms with E-state index in [2.05, 4.69) is 33.8 Å². The van der Waals surface area contributed by atoms with Gasteiger partial charge in [-0.05, 0) is 79.7 Å². The zero-order valence-corrected chi connectivity index (χ0v) is 18.7. The summed E-state index contributed by atoms with van der Waals surface area (Å²) < 4.78 is 5.31. The van der Waals surface area contributed by atoms with E-state index in [9.17, 15) is 9.90 Å². The molecule has 1 aromatic carbocycles. The second kappa shape index (κ2) is 14.5. The van der Waals surface area contributed by atoms with Crippen molar-refractivity contribution in [2.45, 2.75) is 118 Å². The third kappa shape index (κ3) is 8.24. The summed E-state index contributed by atoms with van der Waals surface area (Å²) in [6.45, 7) is 8.88. The van der Waals surface area contributed by atoms with Crippen molar-refractivity contribution in [1.29, 1.82) is 0 Å². The first kappa shape index (κ1) is 24.5. The van der Waals surface area contributed by atoms with Gasteiger partial charge in [-0.1, -0.05) is 66.2 Å². The molecular formula is C25H42O3. The monoisotopic (exact) mass is 390 g/mol. The Balaban J connectivity index is 3.40. The van der Waals surface area contributed by atoms with Gasteiger partial charge in [0.1, 0.15) is 5.75 Å². The molecule has 0 radical (unpaired) electrons. The van der Waals surface area contributed by atoms with Crippen molar-refractivity contribution in [2.75, 3.05) is 0 Å². The maximum Gasteiger partial charge on any atom is 0.511 e. The second-order valence-electron chi connectivity index (χ2n) is 7.96. The second-order valence-corrected chi connectivity index (χ2v) is 7.96. The fraction of sp³-hybridized carbons (Fsp3) is 0.720. The van der Waals surface area contributed by atoms with Gasteiger partial charge in [0, 0.05) is 0 Å². The summed E-state index contributed by atoms with van der Waals surface area (Å²) in [5, 5.41) is 9.31. The van der Waals surface area contributed by atoms with E-state index in [4.69, 9.17) is 4.74 Å². The molecule has 0 aliphatic carbocycles. The summed E-state index contributed by atoms with van der Waals surface area (Å²) in [6, 6.07) is 2.06. The van der Waals surface area contributed by atoms with Crippen LogP contribution in [0.3, 0.4) is 0 Å². The minimum atomic E-state index is -1.20. The molecular weight excluding hydrogens is 348 g/mol. The Hall–Kier alpha value is -1.51. The molecule has 0 bridgehead atoms. The van der Waals surface area contributed by atoms with Crippen LogP contribution in [0.1, 0.15) is 114 Å². The van der Waals surface area contributed by atoms with E-state index >= 15 is 0 Å². The van der Waals surface area contributed by atoms with Crippen molar-refractivity contribution in [3.8, 4) is 5.75 Å². The van der Waals surface area contributed by atoms with Gasteiger partial charge < -0.3 is 9.84 Å². The number of hydrogen-bond acceptors (Lipinski definition) is 2. The van der Waals surface area contributed by atoms with Gasteiger partial charge in [-0.3, -0.25) is 0 Å². The van der Waals surface area contributed by atoms with Crippen LogP contribution in [0.4, 0.5) is 4.79 Å². The predicted molar refractivity (Wildman–Crippen MR) is 119 cm³/mol. The van der Waals surface area contributed by atoms with Crippen LogP contribution in [-0.2, 0) is 25.7 Å². The lowest BCUT2D eigenvalue weighted by molar-refractivity contribution is 0.144. The molecule has 0 saturated heterocycles. The highest BCUT2D eigenvalue weighted by atomic mass is 16.7. The molecule has 0 saturated carbocycles. The Morgan fingerprint density at radius 3 is 1.79 bits per heavy atom. The number of benzene rings is 1. The van der Waals surface area contributed by atoms with E-state index in [1.54, 1.807) is 0 Å². The molecule has 0 aliphatic rings. The van der Waals surface area contributed by atoms with Crippen LogP contribution >= 0.6 is 0 Å². The van der Waals surface area contributed by atoms with Crippen LogP contribution in [0, 0.1) is 0 Å². The molecule has 3 nitrogen and oxygen atoms in total. The van der Waals surface area contributed by atoms with Crippen molar-refractivity contribution in [1.82, 2.24) is 0 Å². The molecule has 0 atom stereocenters. The van der Waals surface area contributed by atoms with Gasteiger partial charge in [-0.25, -0.2) is 4.79 Å². The number of carbonyl (C=O) groups is 1. The molecule has 1 aromatic rings. The zero-order valence-electron chi connectivity index (χ0n) is 18.7. The first-order valence-electron chi connectivity index (χ1n) is 11.7.